The maximum absolute atomic E-state index is 11.2. The first-order valence-corrected chi connectivity index (χ1v) is 7.12. The summed E-state index contributed by atoms with van der Waals surface area (Å²) in [5.41, 5.74) is 0.820. The molecule has 0 aliphatic carbocycles. The third kappa shape index (κ3) is 4.20. The highest BCUT2D eigenvalue weighted by molar-refractivity contribution is 7.17. The summed E-state index contributed by atoms with van der Waals surface area (Å²) in [5, 5.41) is 22.4. The summed E-state index contributed by atoms with van der Waals surface area (Å²) in [6.45, 7) is 1.30. The number of carboxylic acids is 1. The van der Waals surface area contributed by atoms with E-state index in [4.69, 9.17) is 5.11 Å². The van der Waals surface area contributed by atoms with E-state index >= 15 is 0 Å². The van der Waals surface area contributed by atoms with Crippen LogP contribution in [0.1, 0.15) is 27.9 Å². The molecule has 9 heteroatoms. The Morgan fingerprint density at radius 3 is 2.48 bits per heavy atom. The SMILES string of the molecule is CC(=O)Nc1nc(/C=C/c2ccc([N+](=O)[O-])cc2)c(C(=O)O)s1. The number of hydrogen-bond donors (Lipinski definition) is 2. The molecule has 0 saturated carbocycles. The van der Waals surface area contributed by atoms with E-state index < -0.39 is 10.9 Å². The van der Waals surface area contributed by atoms with Crippen molar-refractivity contribution in [3.05, 3.63) is 50.5 Å². The van der Waals surface area contributed by atoms with Crippen LogP contribution in [0.5, 0.6) is 0 Å². The molecule has 0 radical (unpaired) electrons. The third-order valence-electron chi connectivity index (χ3n) is 2.67. The molecule has 2 N–H and O–H groups in total. The van der Waals surface area contributed by atoms with Gasteiger partial charge in [0.15, 0.2) is 5.13 Å². The van der Waals surface area contributed by atoms with Crippen LogP contribution in [0.2, 0.25) is 0 Å². The summed E-state index contributed by atoms with van der Waals surface area (Å²) in [7, 11) is 0. The van der Waals surface area contributed by atoms with Crippen molar-refractivity contribution in [2.45, 2.75) is 6.92 Å². The molecule has 0 fully saturated rings. The molecule has 0 spiro atoms. The molecule has 1 aromatic carbocycles. The Bertz CT molecular complexity index is 795. The Morgan fingerprint density at radius 2 is 1.96 bits per heavy atom. The van der Waals surface area contributed by atoms with Crippen molar-refractivity contribution in [3.8, 4) is 0 Å². The average Bonchev–Trinajstić information content (AvgIpc) is 2.87. The number of nitro benzene ring substituents is 1. The number of benzene rings is 1. The molecule has 0 saturated heterocycles. The van der Waals surface area contributed by atoms with Gasteiger partial charge in [-0.25, -0.2) is 9.78 Å². The number of amides is 1. The molecule has 1 aromatic heterocycles. The number of non-ortho nitro benzene ring substituents is 1. The molecule has 8 nitrogen and oxygen atoms in total. The fourth-order valence-corrected chi connectivity index (χ4v) is 2.52. The summed E-state index contributed by atoms with van der Waals surface area (Å²) >= 11 is 0.854. The molecule has 0 bridgehead atoms. The third-order valence-corrected chi connectivity index (χ3v) is 3.64. The van der Waals surface area contributed by atoms with Gasteiger partial charge in [0.25, 0.3) is 5.69 Å². The molecule has 23 heavy (non-hydrogen) atoms. The number of nitro groups is 1. The highest BCUT2D eigenvalue weighted by atomic mass is 32.1. The van der Waals surface area contributed by atoms with Gasteiger partial charge in [0.1, 0.15) is 4.88 Å². The second kappa shape index (κ2) is 6.79. The number of aromatic nitrogens is 1. The molecular weight excluding hydrogens is 322 g/mol. The van der Waals surface area contributed by atoms with Crippen molar-refractivity contribution in [3.63, 3.8) is 0 Å². The largest absolute Gasteiger partial charge is 0.477 e. The lowest BCUT2D eigenvalue weighted by Gasteiger charge is -1.94. The van der Waals surface area contributed by atoms with Crippen molar-refractivity contribution in [2.75, 3.05) is 5.32 Å². The van der Waals surface area contributed by atoms with Crippen LogP contribution in [0.4, 0.5) is 10.8 Å². The zero-order valence-corrected chi connectivity index (χ0v) is 12.7. The van der Waals surface area contributed by atoms with Crippen molar-refractivity contribution < 1.29 is 19.6 Å². The van der Waals surface area contributed by atoms with Gasteiger partial charge in [-0.15, -0.1) is 0 Å². The smallest absolute Gasteiger partial charge is 0.348 e. The molecule has 0 aliphatic heterocycles. The maximum Gasteiger partial charge on any atom is 0.348 e. The first-order valence-electron chi connectivity index (χ1n) is 6.31. The fourth-order valence-electron chi connectivity index (χ4n) is 1.68. The van der Waals surface area contributed by atoms with Gasteiger partial charge in [0.2, 0.25) is 5.91 Å². The van der Waals surface area contributed by atoms with E-state index in [0.717, 1.165) is 11.3 Å². The predicted molar refractivity (Wildman–Crippen MR) is 85.4 cm³/mol. The Morgan fingerprint density at radius 1 is 1.30 bits per heavy atom. The highest BCUT2D eigenvalue weighted by Gasteiger charge is 2.16. The van der Waals surface area contributed by atoms with Gasteiger partial charge in [-0.3, -0.25) is 14.9 Å². The van der Waals surface area contributed by atoms with E-state index in [-0.39, 0.29) is 27.3 Å². The molecule has 118 valence electrons. The summed E-state index contributed by atoms with van der Waals surface area (Å²) in [5.74, 6) is -1.50. The topological polar surface area (TPSA) is 122 Å². The van der Waals surface area contributed by atoms with Crippen LogP contribution in [0, 0.1) is 10.1 Å². The van der Waals surface area contributed by atoms with Crippen molar-refractivity contribution in [2.24, 2.45) is 0 Å². The zero-order chi connectivity index (χ0) is 17.0. The first kappa shape index (κ1) is 16.3. The normalized spacial score (nSPS) is 10.7. The van der Waals surface area contributed by atoms with E-state index in [1.54, 1.807) is 6.08 Å². The van der Waals surface area contributed by atoms with Crippen molar-refractivity contribution in [1.29, 1.82) is 0 Å². The molecule has 0 unspecified atom stereocenters. The minimum absolute atomic E-state index is 0.00749. The van der Waals surface area contributed by atoms with Crippen LogP contribution in [0.3, 0.4) is 0 Å². The second-order valence-electron chi connectivity index (χ2n) is 4.40. The van der Waals surface area contributed by atoms with Crippen LogP contribution in [0.15, 0.2) is 24.3 Å². The second-order valence-corrected chi connectivity index (χ2v) is 5.40. The minimum atomic E-state index is -1.15. The monoisotopic (exact) mass is 333 g/mol. The maximum atomic E-state index is 11.2. The predicted octanol–water partition coefficient (Wildman–Crippen LogP) is 2.88. The van der Waals surface area contributed by atoms with Gasteiger partial charge in [0, 0.05) is 19.1 Å². The summed E-state index contributed by atoms with van der Waals surface area (Å²) in [6.07, 6.45) is 3.06. The van der Waals surface area contributed by atoms with Crippen molar-refractivity contribution in [1.82, 2.24) is 4.98 Å². The fraction of sp³-hybridized carbons (Fsp3) is 0.0714. The van der Waals surface area contributed by atoms with Crippen LogP contribution < -0.4 is 5.32 Å². The number of carbonyl (C=O) groups excluding carboxylic acids is 1. The lowest BCUT2D eigenvalue weighted by atomic mass is 10.2. The summed E-state index contributed by atoms with van der Waals surface area (Å²) in [6, 6.07) is 5.77. The standard InChI is InChI=1S/C14H11N3O5S/c1-8(18)15-14-16-11(12(23-14)13(19)20)7-4-9-2-5-10(6-3-9)17(21)22/h2-7H,1H3,(H,19,20)(H,15,16,18)/b7-4+. The Kier molecular flexibility index (Phi) is 4.82. The van der Waals surface area contributed by atoms with E-state index in [1.165, 1.54) is 37.3 Å². The van der Waals surface area contributed by atoms with E-state index in [0.29, 0.717) is 5.56 Å². The van der Waals surface area contributed by atoms with Gasteiger partial charge in [0.05, 0.1) is 10.6 Å². The van der Waals surface area contributed by atoms with Gasteiger partial charge < -0.3 is 10.4 Å². The number of thiazole rings is 1. The molecule has 2 rings (SSSR count). The number of hydrogen-bond acceptors (Lipinski definition) is 6. The average molecular weight is 333 g/mol. The Labute approximate surface area is 134 Å². The molecule has 0 atom stereocenters. The van der Waals surface area contributed by atoms with E-state index in [9.17, 15) is 19.7 Å². The first-order chi connectivity index (χ1) is 10.9. The molecule has 0 aliphatic rings. The molecule has 2 aromatic rings. The zero-order valence-electron chi connectivity index (χ0n) is 11.8. The Hall–Kier alpha value is -3.07. The Balaban J connectivity index is 2.27. The number of nitrogens with zero attached hydrogens (tertiary/aromatic N) is 2. The number of aromatic carboxylic acids is 1. The number of carboxylic acid groups (broad SMARTS) is 1. The lowest BCUT2D eigenvalue weighted by molar-refractivity contribution is -0.384. The van der Waals surface area contributed by atoms with Crippen LogP contribution in [0.25, 0.3) is 12.2 Å². The van der Waals surface area contributed by atoms with Crippen LogP contribution >= 0.6 is 11.3 Å². The van der Waals surface area contributed by atoms with E-state index in [2.05, 4.69) is 10.3 Å². The number of rotatable bonds is 5. The van der Waals surface area contributed by atoms with E-state index in [1.807, 2.05) is 0 Å². The number of carbonyl (C=O) groups is 2. The van der Waals surface area contributed by atoms with Crippen LogP contribution in [-0.4, -0.2) is 26.9 Å². The highest BCUT2D eigenvalue weighted by Crippen LogP contribution is 2.25. The number of nitrogens with one attached hydrogen (secondary N) is 1. The van der Waals surface area contributed by atoms with Gasteiger partial charge in [-0.1, -0.05) is 17.4 Å². The lowest BCUT2D eigenvalue weighted by Crippen LogP contribution is -2.04. The molecule has 1 heterocycles. The van der Waals surface area contributed by atoms with Crippen molar-refractivity contribution >= 4 is 46.2 Å². The minimum Gasteiger partial charge on any atom is -0.477 e. The van der Waals surface area contributed by atoms with Gasteiger partial charge in [-0.2, -0.15) is 0 Å². The molecular formula is C14H11N3O5S. The summed E-state index contributed by atoms with van der Waals surface area (Å²) < 4.78 is 0. The summed E-state index contributed by atoms with van der Waals surface area (Å²) in [4.78, 5) is 36.3. The van der Waals surface area contributed by atoms with Crippen LogP contribution in [-0.2, 0) is 4.79 Å². The van der Waals surface area contributed by atoms with Gasteiger partial charge in [-0.05, 0) is 23.8 Å². The number of anilines is 1. The quantitative estimate of drug-likeness (QED) is 0.640. The molecule has 1 amide bonds. The van der Waals surface area contributed by atoms with Gasteiger partial charge >= 0.3 is 5.97 Å².